The molecule has 0 aliphatic heterocycles. The molecule has 2 N–H and O–H groups in total. The van der Waals surface area contributed by atoms with Crippen molar-refractivity contribution in [3.8, 4) is 0 Å². The Hall–Kier alpha value is -3.73. The van der Waals surface area contributed by atoms with Gasteiger partial charge in [0.2, 0.25) is 11.8 Å². The summed E-state index contributed by atoms with van der Waals surface area (Å²) < 4.78 is 4.75. The van der Waals surface area contributed by atoms with E-state index in [0.717, 1.165) is 17.3 Å². The Morgan fingerprint density at radius 1 is 1.17 bits per heavy atom. The third-order valence-electron chi connectivity index (χ3n) is 5.12. The molecule has 0 saturated carbocycles. The van der Waals surface area contributed by atoms with Gasteiger partial charge in [0.15, 0.2) is 10.8 Å². The number of anilines is 1. The second kappa shape index (κ2) is 11.6. The van der Waals surface area contributed by atoms with Crippen LogP contribution in [0.2, 0.25) is 0 Å². The Morgan fingerprint density at radius 2 is 1.91 bits per heavy atom. The zero-order valence-corrected chi connectivity index (χ0v) is 20.8. The summed E-state index contributed by atoms with van der Waals surface area (Å²) in [6, 6.07) is 8.87. The molecule has 0 saturated heterocycles. The molecule has 2 heterocycles. The number of aromatic amines is 1. The van der Waals surface area contributed by atoms with Gasteiger partial charge in [-0.25, -0.2) is 14.8 Å². The van der Waals surface area contributed by atoms with Gasteiger partial charge in [0.25, 0.3) is 5.56 Å². The molecule has 184 valence electrons. The first-order valence-corrected chi connectivity index (χ1v) is 12.0. The van der Waals surface area contributed by atoms with E-state index in [-0.39, 0.29) is 45.9 Å². The smallest absolute Gasteiger partial charge is 0.338 e. The van der Waals surface area contributed by atoms with E-state index < -0.39 is 11.5 Å². The molecular weight excluding hydrogens is 470 g/mol. The maximum absolute atomic E-state index is 12.9. The maximum Gasteiger partial charge on any atom is 0.338 e. The van der Waals surface area contributed by atoms with Crippen LogP contribution in [0, 0.1) is 13.8 Å². The number of fused-ring (bicyclic) bond motifs is 1. The van der Waals surface area contributed by atoms with Crippen LogP contribution in [0.3, 0.4) is 0 Å². The molecule has 1 aromatic carbocycles. The van der Waals surface area contributed by atoms with Crippen molar-refractivity contribution in [2.75, 3.05) is 31.3 Å². The van der Waals surface area contributed by atoms with Gasteiger partial charge in [-0.2, -0.15) is 0 Å². The predicted octanol–water partition coefficient (Wildman–Crippen LogP) is 2.69. The minimum absolute atomic E-state index is 0.0265. The first-order chi connectivity index (χ1) is 16.7. The monoisotopic (exact) mass is 497 g/mol. The molecular formula is C24H27N5O5S. The summed E-state index contributed by atoms with van der Waals surface area (Å²) in [4.78, 5) is 62.8. The number of nitrogens with one attached hydrogen (secondary N) is 2. The number of aryl methyl sites for hydroxylation is 2. The lowest BCUT2D eigenvalue weighted by molar-refractivity contribution is -0.132. The fourth-order valence-corrected chi connectivity index (χ4v) is 4.20. The summed E-state index contributed by atoms with van der Waals surface area (Å²) in [5, 5.41) is 3.05. The number of nitrogens with zero attached hydrogens (tertiary/aromatic N) is 3. The summed E-state index contributed by atoms with van der Waals surface area (Å²) in [5.41, 5.74) is 1.73. The Labute approximate surface area is 206 Å². The number of pyridine rings is 1. The van der Waals surface area contributed by atoms with Gasteiger partial charge in [-0.05, 0) is 38.0 Å². The molecule has 0 fully saturated rings. The minimum Gasteiger partial charge on any atom is -0.465 e. The van der Waals surface area contributed by atoms with Gasteiger partial charge in [0.05, 0.1) is 30.4 Å². The van der Waals surface area contributed by atoms with E-state index in [0.29, 0.717) is 24.3 Å². The molecule has 0 aliphatic rings. The van der Waals surface area contributed by atoms with Crippen molar-refractivity contribution in [2.24, 2.45) is 0 Å². The summed E-state index contributed by atoms with van der Waals surface area (Å²) in [7, 11) is 1.23. The number of carbonyl (C=O) groups excluding carboxylic acids is 3. The fraction of sp³-hybridized carbons (Fsp3) is 0.333. The molecule has 2 amide bonds. The van der Waals surface area contributed by atoms with Crippen molar-refractivity contribution < 1.29 is 19.1 Å². The highest BCUT2D eigenvalue weighted by atomic mass is 32.2. The zero-order valence-electron chi connectivity index (χ0n) is 20.0. The molecule has 0 radical (unpaired) electrons. The Balaban J connectivity index is 1.73. The van der Waals surface area contributed by atoms with Crippen molar-refractivity contribution >= 4 is 46.3 Å². The predicted molar refractivity (Wildman–Crippen MR) is 134 cm³/mol. The average molecular weight is 498 g/mol. The van der Waals surface area contributed by atoms with E-state index in [4.69, 9.17) is 4.74 Å². The molecule has 0 aliphatic carbocycles. The number of H-pyrrole nitrogens is 1. The lowest BCUT2D eigenvalue weighted by Gasteiger charge is -2.21. The number of thioether (sulfide) groups is 1. The fourth-order valence-electron chi connectivity index (χ4n) is 3.44. The SMILES string of the molecule is CCCN(CC(=O)Nc1ccccc1C)C(=O)CSc1nc2nc(C)cc(C(=O)OC)c2c(=O)[nH]1. The van der Waals surface area contributed by atoms with Crippen molar-refractivity contribution in [1.82, 2.24) is 19.9 Å². The van der Waals surface area contributed by atoms with Crippen molar-refractivity contribution in [1.29, 1.82) is 0 Å². The number of carbonyl (C=O) groups is 3. The first-order valence-electron chi connectivity index (χ1n) is 11.0. The number of hydrogen-bond acceptors (Lipinski definition) is 8. The van der Waals surface area contributed by atoms with Gasteiger partial charge in [-0.1, -0.05) is 36.9 Å². The van der Waals surface area contributed by atoms with Crippen LogP contribution >= 0.6 is 11.8 Å². The van der Waals surface area contributed by atoms with Crippen molar-refractivity contribution in [3.05, 3.63) is 57.5 Å². The highest BCUT2D eigenvalue weighted by Crippen LogP contribution is 2.19. The molecule has 0 atom stereocenters. The van der Waals surface area contributed by atoms with Crippen LogP contribution in [-0.4, -0.2) is 63.6 Å². The summed E-state index contributed by atoms with van der Waals surface area (Å²) in [6.45, 7) is 5.80. The standard InChI is InChI=1S/C24H27N5O5S/c1-5-10-29(12-18(30)26-17-9-7-6-8-14(17)2)19(31)13-35-24-27-21-20(22(32)28-24)16(23(33)34-4)11-15(3)25-21/h6-9,11H,5,10,12-13H2,1-4H3,(H,26,30)(H,25,27,28,32). The first kappa shape index (κ1) is 25.9. The van der Waals surface area contributed by atoms with Crippen LogP contribution in [0.15, 0.2) is 40.3 Å². The van der Waals surface area contributed by atoms with Gasteiger partial charge >= 0.3 is 5.97 Å². The van der Waals surface area contributed by atoms with Crippen LogP contribution in [0.4, 0.5) is 5.69 Å². The number of benzene rings is 1. The summed E-state index contributed by atoms with van der Waals surface area (Å²) >= 11 is 1.03. The molecule has 2 aromatic heterocycles. The Morgan fingerprint density at radius 3 is 2.60 bits per heavy atom. The normalized spacial score (nSPS) is 10.7. The molecule has 0 bridgehead atoms. The van der Waals surface area contributed by atoms with Gasteiger partial charge in [0.1, 0.15) is 0 Å². The Bertz CT molecular complexity index is 1320. The lowest BCUT2D eigenvalue weighted by atomic mass is 10.1. The quantitative estimate of drug-likeness (QED) is 0.262. The molecule has 35 heavy (non-hydrogen) atoms. The molecule has 3 aromatic rings. The number of aromatic nitrogens is 3. The highest BCUT2D eigenvalue weighted by Gasteiger charge is 2.20. The number of esters is 1. The number of ether oxygens (including phenoxy) is 1. The molecule has 0 unspecified atom stereocenters. The number of para-hydroxylation sites is 1. The zero-order chi connectivity index (χ0) is 25.5. The lowest BCUT2D eigenvalue weighted by Crippen LogP contribution is -2.39. The number of amides is 2. The van der Waals surface area contributed by atoms with E-state index in [2.05, 4.69) is 20.3 Å². The van der Waals surface area contributed by atoms with E-state index in [1.165, 1.54) is 18.1 Å². The molecule has 11 heteroatoms. The van der Waals surface area contributed by atoms with Crippen LogP contribution in [0.25, 0.3) is 11.0 Å². The second-order valence-corrected chi connectivity index (χ2v) is 8.80. The van der Waals surface area contributed by atoms with Gasteiger partial charge in [-0.3, -0.25) is 14.4 Å². The van der Waals surface area contributed by atoms with Gasteiger partial charge < -0.3 is 19.9 Å². The van der Waals surface area contributed by atoms with Crippen LogP contribution < -0.4 is 10.9 Å². The topological polar surface area (TPSA) is 134 Å². The third-order valence-corrected chi connectivity index (χ3v) is 5.98. The van der Waals surface area contributed by atoms with Crippen molar-refractivity contribution in [3.63, 3.8) is 0 Å². The largest absolute Gasteiger partial charge is 0.465 e. The van der Waals surface area contributed by atoms with Gasteiger partial charge in [0, 0.05) is 17.9 Å². The molecule has 0 spiro atoms. The van der Waals surface area contributed by atoms with Crippen molar-refractivity contribution in [2.45, 2.75) is 32.3 Å². The van der Waals surface area contributed by atoms with Crippen LogP contribution in [-0.2, 0) is 14.3 Å². The highest BCUT2D eigenvalue weighted by molar-refractivity contribution is 7.99. The van der Waals surface area contributed by atoms with E-state index in [1.807, 2.05) is 32.0 Å². The second-order valence-electron chi connectivity index (χ2n) is 7.84. The van der Waals surface area contributed by atoms with Crippen LogP contribution in [0.5, 0.6) is 0 Å². The molecule has 3 rings (SSSR count). The summed E-state index contributed by atoms with van der Waals surface area (Å²) in [6.07, 6.45) is 0.679. The third kappa shape index (κ3) is 6.44. The molecule has 10 nitrogen and oxygen atoms in total. The number of rotatable bonds is 9. The van der Waals surface area contributed by atoms with Crippen LogP contribution in [0.1, 0.15) is 35.0 Å². The van der Waals surface area contributed by atoms with E-state index in [9.17, 15) is 19.2 Å². The van der Waals surface area contributed by atoms with E-state index in [1.54, 1.807) is 13.0 Å². The minimum atomic E-state index is -0.664. The van der Waals surface area contributed by atoms with E-state index >= 15 is 0 Å². The Kier molecular flexibility index (Phi) is 8.58. The summed E-state index contributed by atoms with van der Waals surface area (Å²) in [5.74, 6) is -1.27. The van der Waals surface area contributed by atoms with Gasteiger partial charge in [-0.15, -0.1) is 0 Å². The average Bonchev–Trinajstić information content (AvgIpc) is 2.82. The number of methoxy groups -OCH3 is 1. The number of hydrogen-bond donors (Lipinski definition) is 2. The maximum atomic E-state index is 12.9.